The first kappa shape index (κ1) is 22.8. The highest BCUT2D eigenvalue weighted by atomic mass is 16.5. The fraction of sp³-hybridized carbons (Fsp3) is 0.417. The van der Waals surface area contributed by atoms with Crippen LogP contribution in [0.25, 0.3) is 0 Å². The molecule has 1 N–H and O–H groups in total. The number of hydrogen-bond donors (Lipinski definition) is 1. The Kier molecular flexibility index (Phi) is 7.65. The zero-order valence-electron chi connectivity index (χ0n) is 18.2. The van der Waals surface area contributed by atoms with Crippen LogP contribution in [0.5, 0.6) is 5.75 Å². The lowest BCUT2D eigenvalue weighted by molar-refractivity contribution is -0.152. The largest absolute Gasteiger partial charge is 0.497 e. The third-order valence-corrected chi connectivity index (χ3v) is 5.82. The van der Waals surface area contributed by atoms with Crippen LogP contribution in [-0.4, -0.2) is 45.4 Å². The van der Waals surface area contributed by atoms with Crippen LogP contribution in [0.1, 0.15) is 24.1 Å². The van der Waals surface area contributed by atoms with Crippen molar-refractivity contribution in [3.05, 3.63) is 65.7 Å². The molecule has 0 saturated carbocycles. The number of benzene rings is 2. The van der Waals surface area contributed by atoms with Gasteiger partial charge < -0.3 is 18.9 Å². The normalized spacial score (nSPS) is 23.7. The molecule has 1 fully saturated rings. The fourth-order valence-corrected chi connectivity index (χ4v) is 4.21. The summed E-state index contributed by atoms with van der Waals surface area (Å²) >= 11 is 0. The van der Waals surface area contributed by atoms with Gasteiger partial charge >= 0.3 is 11.9 Å². The van der Waals surface area contributed by atoms with E-state index >= 15 is 0 Å². The Labute approximate surface area is 182 Å². The fourth-order valence-electron chi connectivity index (χ4n) is 4.21. The topological polar surface area (TPSA) is 83.1 Å². The first-order valence-electron chi connectivity index (χ1n) is 10.2. The average Bonchev–Trinajstić information content (AvgIpc) is 3.23. The Bertz CT molecular complexity index is 869. The van der Waals surface area contributed by atoms with Gasteiger partial charge in [-0.25, -0.2) is 0 Å². The molecule has 0 aromatic heterocycles. The molecule has 2 aromatic rings. The van der Waals surface area contributed by atoms with Crippen LogP contribution in [-0.2, 0) is 30.4 Å². The highest BCUT2D eigenvalue weighted by molar-refractivity contribution is 5.81. The lowest BCUT2D eigenvalue weighted by Crippen LogP contribution is -2.43. The van der Waals surface area contributed by atoms with Crippen molar-refractivity contribution in [2.75, 3.05) is 21.3 Å². The monoisotopic (exact) mass is 427 g/mol. The summed E-state index contributed by atoms with van der Waals surface area (Å²) in [5.74, 6) is -1.24. The van der Waals surface area contributed by atoms with E-state index in [1.807, 2.05) is 61.5 Å². The van der Waals surface area contributed by atoms with E-state index in [1.54, 1.807) is 7.11 Å². The van der Waals surface area contributed by atoms with Crippen LogP contribution in [0.4, 0.5) is 0 Å². The van der Waals surface area contributed by atoms with E-state index in [0.717, 1.165) is 11.1 Å². The predicted molar refractivity (Wildman–Crippen MR) is 114 cm³/mol. The Morgan fingerprint density at radius 1 is 0.935 bits per heavy atom. The van der Waals surface area contributed by atoms with Gasteiger partial charge in [0.25, 0.3) is 0 Å². The van der Waals surface area contributed by atoms with Crippen LogP contribution in [0.3, 0.4) is 0 Å². The number of ether oxygens (including phenoxy) is 4. The van der Waals surface area contributed by atoms with E-state index in [4.69, 9.17) is 18.9 Å². The molecule has 0 radical (unpaired) electrons. The molecule has 5 atom stereocenters. The van der Waals surface area contributed by atoms with Gasteiger partial charge in [-0.3, -0.25) is 14.9 Å². The summed E-state index contributed by atoms with van der Waals surface area (Å²) in [6.45, 7) is 2.24. The maximum absolute atomic E-state index is 12.9. The summed E-state index contributed by atoms with van der Waals surface area (Å²) in [5, 5.41) is 3.29. The molecule has 0 unspecified atom stereocenters. The van der Waals surface area contributed by atoms with E-state index in [9.17, 15) is 9.59 Å². The minimum atomic E-state index is -0.716. The van der Waals surface area contributed by atoms with E-state index in [2.05, 4.69) is 5.32 Å². The van der Waals surface area contributed by atoms with Crippen molar-refractivity contribution in [3.8, 4) is 5.75 Å². The first-order chi connectivity index (χ1) is 15.0. The molecule has 3 rings (SSSR count). The lowest BCUT2D eigenvalue weighted by Gasteiger charge is -2.28. The molecule has 1 saturated heterocycles. The highest BCUT2D eigenvalue weighted by Gasteiger charge is 2.53. The van der Waals surface area contributed by atoms with E-state index < -0.39 is 42.0 Å². The molecule has 1 heterocycles. The summed E-state index contributed by atoms with van der Waals surface area (Å²) in [5.41, 5.74) is 1.86. The molecule has 0 bridgehead atoms. The van der Waals surface area contributed by atoms with E-state index in [-0.39, 0.29) is 0 Å². The Morgan fingerprint density at radius 3 is 2.16 bits per heavy atom. The molecule has 0 amide bonds. The van der Waals surface area contributed by atoms with Gasteiger partial charge in [-0.15, -0.1) is 0 Å². The maximum atomic E-state index is 12.9. The second-order valence-electron chi connectivity index (χ2n) is 7.55. The second-order valence-corrected chi connectivity index (χ2v) is 7.55. The number of rotatable bonds is 8. The quantitative estimate of drug-likeness (QED) is 0.649. The van der Waals surface area contributed by atoms with Crippen LogP contribution in [0, 0.1) is 11.8 Å². The summed E-state index contributed by atoms with van der Waals surface area (Å²) in [6, 6.07) is 16.0. The van der Waals surface area contributed by atoms with Crippen LogP contribution >= 0.6 is 0 Å². The molecule has 166 valence electrons. The van der Waals surface area contributed by atoms with Crippen LogP contribution < -0.4 is 10.1 Å². The Balaban J connectivity index is 1.91. The summed E-state index contributed by atoms with van der Waals surface area (Å²) in [6.07, 6.45) is -0.413. The third kappa shape index (κ3) is 5.06. The van der Waals surface area contributed by atoms with E-state index in [0.29, 0.717) is 12.4 Å². The smallest absolute Gasteiger partial charge is 0.323 e. The Hall–Kier alpha value is -2.90. The number of nitrogens with one attached hydrogen (secondary N) is 1. The van der Waals surface area contributed by atoms with Gasteiger partial charge in [0.05, 0.1) is 40.0 Å². The first-order valence-corrected chi connectivity index (χ1v) is 10.2. The zero-order valence-corrected chi connectivity index (χ0v) is 18.2. The molecule has 1 aliphatic heterocycles. The van der Waals surface area contributed by atoms with Gasteiger partial charge in [0.1, 0.15) is 11.8 Å². The van der Waals surface area contributed by atoms with Crippen molar-refractivity contribution >= 4 is 11.9 Å². The maximum Gasteiger partial charge on any atom is 0.323 e. The van der Waals surface area contributed by atoms with Gasteiger partial charge in [-0.2, -0.15) is 0 Å². The number of hydrogen-bond acceptors (Lipinski definition) is 7. The van der Waals surface area contributed by atoms with Gasteiger partial charge in [0, 0.05) is 12.0 Å². The zero-order chi connectivity index (χ0) is 22.4. The van der Waals surface area contributed by atoms with Crippen molar-refractivity contribution in [1.29, 1.82) is 0 Å². The molecule has 7 nitrogen and oxygen atoms in total. The predicted octanol–water partition coefficient (Wildman–Crippen LogP) is 2.89. The minimum Gasteiger partial charge on any atom is -0.497 e. The van der Waals surface area contributed by atoms with Crippen molar-refractivity contribution in [2.24, 2.45) is 11.8 Å². The summed E-state index contributed by atoms with van der Waals surface area (Å²) in [4.78, 5) is 25.5. The molecule has 0 aliphatic carbocycles. The number of carbonyl (C=O) groups is 2. The standard InChI is InChI=1S/C24H29NO6/c1-15(31-14-16-8-6-5-7-9-16)19-20(23(26)29-3)21(25-22(19)24(27)30-4)17-10-12-18(28-2)13-11-17/h5-13,15,19-22,25H,14H2,1-4H3/t15-,19-,20-,21-,22-/m0/s1. The SMILES string of the molecule is COC(=O)[C@H]1[C@H]([C@H](C)OCc2ccccc2)[C@@H](C(=O)OC)N[C@H]1c1ccc(OC)cc1. The van der Waals surface area contributed by atoms with Crippen molar-refractivity contribution in [3.63, 3.8) is 0 Å². The number of carbonyl (C=O) groups excluding carboxylic acids is 2. The minimum absolute atomic E-state index is 0.369. The summed E-state index contributed by atoms with van der Waals surface area (Å²) < 4.78 is 21.5. The Morgan fingerprint density at radius 2 is 1.58 bits per heavy atom. The molecule has 7 heteroatoms. The van der Waals surface area contributed by atoms with E-state index in [1.165, 1.54) is 14.2 Å². The average molecular weight is 427 g/mol. The van der Waals surface area contributed by atoms with Crippen LogP contribution in [0.15, 0.2) is 54.6 Å². The molecule has 1 aliphatic rings. The van der Waals surface area contributed by atoms with Gasteiger partial charge in [0.15, 0.2) is 0 Å². The number of methoxy groups -OCH3 is 3. The molecular formula is C24H29NO6. The summed E-state index contributed by atoms with van der Waals surface area (Å²) in [7, 11) is 4.28. The highest BCUT2D eigenvalue weighted by Crippen LogP contribution is 2.41. The van der Waals surface area contributed by atoms with Gasteiger partial charge in [-0.05, 0) is 30.2 Å². The third-order valence-electron chi connectivity index (χ3n) is 5.82. The molecule has 0 spiro atoms. The molecule has 31 heavy (non-hydrogen) atoms. The van der Waals surface area contributed by atoms with Gasteiger partial charge in [0.2, 0.25) is 0 Å². The lowest BCUT2D eigenvalue weighted by atomic mass is 9.81. The van der Waals surface area contributed by atoms with Crippen molar-refractivity contribution < 1.29 is 28.5 Å². The van der Waals surface area contributed by atoms with Gasteiger partial charge in [-0.1, -0.05) is 42.5 Å². The molecular weight excluding hydrogens is 398 g/mol. The second kappa shape index (κ2) is 10.4. The van der Waals surface area contributed by atoms with Crippen molar-refractivity contribution in [2.45, 2.75) is 31.7 Å². The van der Waals surface area contributed by atoms with Crippen LogP contribution in [0.2, 0.25) is 0 Å². The van der Waals surface area contributed by atoms with Crippen molar-refractivity contribution in [1.82, 2.24) is 5.32 Å². The molecule has 2 aromatic carbocycles. The number of esters is 2.